The van der Waals surface area contributed by atoms with Crippen molar-refractivity contribution in [3.05, 3.63) is 48.8 Å². The van der Waals surface area contributed by atoms with E-state index in [1.807, 2.05) is 36.2 Å². The molecule has 1 aliphatic heterocycles. The molecule has 0 bridgehead atoms. The standard InChI is InChI=1S/C20H25BrN6O/c1-5-27-18(14(2)21)23-20(24-27)22-16-8-6-15(7-9-16)19(28)26(4)17-10-12-25(3)13-11-17/h5-9,17H,1-2,10-13H2,3-4H3,(H,22,24). The Hall–Kier alpha value is -2.45. The SMILES string of the molecule is C=Cn1nc(Nc2ccc(C(=O)N(C)C3CCN(C)CC3)cc2)nc1C(=C)Br. The molecular formula is C20H25BrN6O. The minimum absolute atomic E-state index is 0.0491. The van der Waals surface area contributed by atoms with Crippen LogP contribution in [0.2, 0.25) is 0 Å². The van der Waals surface area contributed by atoms with E-state index in [1.54, 1.807) is 6.20 Å². The average molecular weight is 445 g/mol. The second-order valence-corrected chi connectivity index (χ2v) is 7.90. The van der Waals surface area contributed by atoms with Crippen molar-refractivity contribution in [1.82, 2.24) is 24.6 Å². The number of rotatable bonds is 6. The first kappa shape index (κ1) is 20.3. The largest absolute Gasteiger partial charge is 0.339 e. The maximum Gasteiger partial charge on any atom is 0.253 e. The summed E-state index contributed by atoms with van der Waals surface area (Å²) in [7, 11) is 4.01. The normalized spacial score (nSPS) is 15.2. The molecule has 3 rings (SSSR count). The predicted octanol–water partition coefficient (Wildman–Crippen LogP) is 3.65. The summed E-state index contributed by atoms with van der Waals surface area (Å²) in [5, 5.41) is 7.44. The predicted molar refractivity (Wildman–Crippen MR) is 117 cm³/mol. The number of carbonyl (C=O) groups is 1. The maximum absolute atomic E-state index is 12.8. The molecule has 1 amide bonds. The van der Waals surface area contributed by atoms with Crippen LogP contribution in [0.3, 0.4) is 0 Å². The number of anilines is 2. The molecule has 1 aromatic carbocycles. The van der Waals surface area contributed by atoms with Gasteiger partial charge in [-0.25, -0.2) is 4.68 Å². The van der Waals surface area contributed by atoms with Gasteiger partial charge in [0.2, 0.25) is 5.95 Å². The minimum Gasteiger partial charge on any atom is -0.339 e. The Labute approximate surface area is 173 Å². The molecule has 28 heavy (non-hydrogen) atoms. The number of hydrogen-bond donors (Lipinski definition) is 1. The van der Waals surface area contributed by atoms with E-state index in [4.69, 9.17) is 0 Å². The molecule has 0 saturated carbocycles. The Morgan fingerprint density at radius 1 is 1.32 bits per heavy atom. The number of carbonyl (C=O) groups excluding carboxylic acids is 1. The molecule has 2 aromatic rings. The molecular weight excluding hydrogens is 420 g/mol. The number of benzene rings is 1. The fourth-order valence-electron chi connectivity index (χ4n) is 3.27. The maximum atomic E-state index is 12.8. The molecule has 7 nitrogen and oxygen atoms in total. The molecule has 1 saturated heterocycles. The average Bonchev–Trinajstić information content (AvgIpc) is 3.11. The molecule has 0 aliphatic carbocycles. The third-order valence-corrected chi connectivity index (χ3v) is 5.35. The summed E-state index contributed by atoms with van der Waals surface area (Å²) >= 11 is 3.31. The van der Waals surface area contributed by atoms with Gasteiger partial charge in [0.25, 0.3) is 5.91 Å². The fourth-order valence-corrected chi connectivity index (χ4v) is 3.54. The minimum atomic E-state index is 0.0491. The van der Waals surface area contributed by atoms with Gasteiger partial charge < -0.3 is 15.1 Å². The molecule has 1 N–H and O–H groups in total. The van der Waals surface area contributed by atoms with Crippen LogP contribution in [-0.4, -0.2) is 63.7 Å². The van der Waals surface area contributed by atoms with Crippen molar-refractivity contribution in [3.8, 4) is 0 Å². The number of nitrogens with zero attached hydrogens (tertiary/aromatic N) is 5. The highest BCUT2D eigenvalue weighted by Gasteiger charge is 2.24. The second-order valence-electron chi connectivity index (χ2n) is 6.94. The van der Waals surface area contributed by atoms with Gasteiger partial charge in [-0.2, -0.15) is 4.98 Å². The van der Waals surface area contributed by atoms with Crippen molar-refractivity contribution < 1.29 is 4.79 Å². The van der Waals surface area contributed by atoms with Crippen molar-refractivity contribution >= 4 is 44.2 Å². The smallest absolute Gasteiger partial charge is 0.253 e. The number of halogens is 1. The molecule has 8 heteroatoms. The monoisotopic (exact) mass is 444 g/mol. The molecule has 0 spiro atoms. The molecule has 148 valence electrons. The highest BCUT2D eigenvalue weighted by Crippen LogP contribution is 2.22. The molecule has 2 heterocycles. The third-order valence-electron chi connectivity index (χ3n) is 4.99. The van der Waals surface area contributed by atoms with E-state index in [2.05, 4.69) is 56.4 Å². The topological polar surface area (TPSA) is 66.3 Å². The van der Waals surface area contributed by atoms with Crippen LogP contribution in [0.4, 0.5) is 11.6 Å². The van der Waals surface area contributed by atoms with Gasteiger partial charge in [-0.15, -0.1) is 5.10 Å². The third kappa shape index (κ3) is 4.51. The van der Waals surface area contributed by atoms with E-state index in [1.165, 1.54) is 4.68 Å². The lowest BCUT2D eigenvalue weighted by atomic mass is 10.0. The quantitative estimate of drug-likeness (QED) is 0.736. The van der Waals surface area contributed by atoms with E-state index < -0.39 is 0 Å². The van der Waals surface area contributed by atoms with E-state index in [0.717, 1.165) is 31.6 Å². The van der Waals surface area contributed by atoms with Gasteiger partial charge in [-0.3, -0.25) is 4.79 Å². The zero-order valence-corrected chi connectivity index (χ0v) is 17.8. The lowest BCUT2D eigenvalue weighted by molar-refractivity contribution is 0.0659. The molecule has 0 radical (unpaired) electrons. The van der Waals surface area contributed by atoms with Crippen LogP contribution >= 0.6 is 15.9 Å². The zero-order valence-electron chi connectivity index (χ0n) is 16.2. The lowest BCUT2D eigenvalue weighted by Crippen LogP contribution is -2.44. The van der Waals surface area contributed by atoms with Gasteiger partial charge in [0, 0.05) is 30.5 Å². The number of likely N-dealkylation sites (tertiary alicyclic amines) is 1. The first-order valence-electron chi connectivity index (χ1n) is 9.15. The summed E-state index contributed by atoms with van der Waals surface area (Å²) in [6, 6.07) is 7.65. The van der Waals surface area contributed by atoms with Crippen LogP contribution in [0.1, 0.15) is 29.0 Å². The van der Waals surface area contributed by atoms with Crippen molar-refractivity contribution in [2.45, 2.75) is 18.9 Å². The number of nitrogens with one attached hydrogen (secondary N) is 1. The van der Waals surface area contributed by atoms with Gasteiger partial charge in [-0.05, 0) is 73.2 Å². The Bertz CT molecular complexity index is 867. The van der Waals surface area contributed by atoms with Gasteiger partial charge in [0.15, 0.2) is 5.82 Å². The zero-order chi connectivity index (χ0) is 20.3. The van der Waals surface area contributed by atoms with E-state index in [0.29, 0.717) is 27.9 Å². The summed E-state index contributed by atoms with van der Waals surface area (Å²) in [6.45, 7) is 9.58. The molecule has 0 unspecified atom stereocenters. The van der Waals surface area contributed by atoms with Gasteiger partial charge in [0.05, 0.1) is 4.48 Å². The Morgan fingerprint density at radius 3 is 2.50 bits per heavy atom. The van der Waals surface area contributed by atoms with Crippen molar-refractivity contribution in [1.29, 1.82) is 0 Å². The number of hydrogen-bond acceptors (Lipinski definition) is 5. The van der Waals surface area contributed by atoms with E-state index in [9.17, 15) is 4.79 Å². The summed E-state index contributed by atoms with van der Waals surface area (Å²) in [6.07, 6.45) is 3.58. The molecule has 0 atom stereocenters. The number of aromatic nitrogens is 3. The number of piperidine rings is 1. The highest BCUT2D eigenvalue weighted by molar-refractivity contribution is 9.15. The van der Waals surface area contributed by atoms with Crippen molar-refractivity contribution in [2.75, 3.05) is 32.5 Å². The Morgan fingerprint density at radius 2 is 1.96 bits per heavy atom. The van der Waals surface area contributed by atoms with Gasteiger partial charge in [0.1, 0.15) is 0 Å². The van der Waals surface area contributed by atoms with Crippen LogP contribution in [0.25, 0.3) is 10.7 Å². The van der Waals surface area contributed by atoms with Crippen LogP contribution in [0.15, 0.2) is 37.4 Å². The van der Waals surface area contributed by atoms with Crippen LogP contribution in [-0.2, 0) is 0 Å². The molecule has 1 aliphatic rings. The summed E-state index contributed by atoms with van der Waals surface area (Å²) in [5.74, 6) is 1.05. The highest BCUT2D eigenvalue weighted by atomic mass is 79.9. The van der Waals surface area contributed by atoms with Gasteiger partial charge in [-0.1, -0.05) is 13.2 Å². The van der Waals surface area contributed by atoms with E-state index >= 15 is 0 Å². The van der Waals surface area contributed by atoms with E-state index in [-0.39, 0.29) is 5.91 Å². The summed E-state index contributed by atoms with van der Waals surface area (Å²) in [5.41, 5.74) is 1.47. The van der Waals surface area contributed by atoms with Crippen molar-refractivity contribution in [3.63, 3.8) is 0 Å². The summed E-state index contributed by atoms with van der Waals surface area (Å²) in [4.78, 5) is 21.3. The fraction of sp³-hybridized carbons (Fsp3) is 0.350. The molecule has 1 fully saturated rings. The first-order chi connectivity index (χ1) is 13.4. The molecule has 1 aromatic heterocycles. The lowest BCUT2D eigenvalue weighted by Gasteiger charge is -2.35. The Balaban J connectivity index is 1.67. The van der Waals surface area contributed by atoms with Crippen LogP contribution < -0.4 is 5.32 Å². The van der Waals surface area contributed by atoms with Crippen LogP contribution in [0.5, 0.6) is 0 Å². The number of amides is 1. The van der Waals surface area contributed by atoms with Gasteiger partial charge >= 0.3 is 0 Å². The summed E-state index contributed by atoms with van der Waals surface area (Å²) < 4.78 is 2.15. The van der Waals surface area contributed by atoms with Crippen LogP contribution in [0, 0.1) is 0 Å². The first-order valence-corrected chi connectivity index (χ1v) is 9.95. The Kier molecular flexibility index (Phi) is 6.31. The van der Waals surface area contributed by atoms with Crippen molar-refractivity contribution in [2.24, 2.45) is 0 Å². The second kappa shape index (κ2) is 8.70.